The Kier molecular flexibility index (Phi) is 7.65. The minimum absolute atomic E-state index is 0. The molecule has 146 valence electrons. The first kappa shape index (κ1) is 21.2. The molecule has 0 saturated carbocycles. The van der Waals surface area contributed by atoms with Gasteiger partial charge in [0.1, 0.15) is 5.75 Å². The number of hydrogen-bond donors (Lipinski definition) is 1. The molecular weight excluding hydrogens is 386 g/mol. The van der Waals surface area contributed by atoms with Gasteiger partial charge in [-0.15, -0.1) is 23.7 Å². The van der Waals surface area contributed by atoms with Crippen LogP contribution in [0.1, 0.15) is 21.3 Å². The monoisotopic (exact) mass is 409 g/mol. The summed E-state index contributed by atoms with van der Waals surface area (Å²) in [4.78, 5) is 29.3. The van der Waals surface area contributed by atoms with Crippen molar-refractivity contribution in [3.05, 3.63) is 52.2 Å². The number of amides is 2. The second kappa shape index (κ2) is 9.73. The minimum Gasteiger partial charge on any atom is -0.496 e. The van der Waals surface area contributed by atoms with Crippen molar-refractivity contribution in [1.82, 2.24) is 15.1 Å². The fourth-order valence-electron chi connectivity index (χ4n) is 3.18. The maximum absolute atomic E-state index is 12.9. The molecule has 1 atom stereocenters. The van der Waals surface area contributed by atoms with Crippen LogP contribution in [-0.4, -0.2) is 62.0 Å². The van der Waals surface area contributed by atoms with Gasteiger partial charge < -0.3 is 19.9 Å². The Labute approximate surface area is 169 Å². The van der Waals surface area contributed by atoms with Gasteiger partial charge in [-0.1, -0.05) is 24.3 Å². The van der Waals surface area contributed by atoms with Crippen LogP contribution in [0.3, 0.4) is 0 Å². The highest BCUT2D eigenvalue weighted by Crippen LogP contribution is 2.30. The van der Waals surface area contributed by atoms with Gasteiger partial charge in [-0.25, -0.2) is 0 Å². The number of benzene rings is 1. The Balaban J connectivity index is 0.00000261. The summed E-state index contributed by atoms with van der Waals surface area (Å²) in [5, 5.41) is 5.20. The molecule has 1 N–H and O–H groups in total. The lowest BCUT2D eigenvalue weighted by Crippen LogP contribution is -2.51. The summed E-state index contributed by atoms with van der Waals surface area (Å²) in [6, 6.07) is 11.2. The zero-order valence-electron chi connectivity index (χ0n) is 15.4. The topological polar surface area (TPSA) is 61.9 Å². The summed E-state index contributed by atoms with van der Waals surface area (Å²) >= 11 is 1.38. The lowest BCUT2D eigenvalue weighted by molar-refractivity contribution is -0.135. The van der Waals surface area contributed by atoms with Crippen molar-refractivity contribution in [3.8, 4) is 5.75 Å². The SMILES string of the molecule is COc1ccccc1C1CNCCN1C(=O)CN(C)C(=O)c1cccs1.Cl. The molecule has 1 aliphatic rings. The van der Waals surface area contributed by atoms with Gasteiger partial charge in [0, 0.05) is 32.2 Å². The van der Waals surface area contributed by atoms with Gasteiger partial charge in [-0.2, -0.15) is 0 Å². The van der Waals surface area contributed by atoms with Crippen LogP contribution >= 0.6 is 23.7 Å². The third kappa shape index (κ3) is 4.80. The highest BCUT2D eigenvalue weighted by Gasteiger charge is 2.30. The average molecular weight is 410 g/mol. The third-order valence-corrected chi connectivity index (χ3v) is 5.37. The summed E-state index contributed by atoms with van der Waals surface area (Å²) in [5.41, 5.74) is 0.975. The van der Waals surface area contributed by atoms with E-state index in [1.807, 2.05) is 40.6 Å². The molecule has 1 aromatic carbocycles. The summed E-state index contributed by atoms with van der Waals surface area (Å²) in [6.45, 7) is 2.06. The van der Waals surface area contributed by atoms with Crippen LogP contribution in [0.25, 0.3) is 0 Å². The number of nitrogens with one attached hydrogen (secondary N) is 1. The number of rotatable bonds is 5. The van der Waals surface area contributed by atoms with E-state index in [4.69, 9.17) is 4.74 Å². The normalized spacial score (nSPS) is 16.4. The Bertz CT molecular complexity index is 769. The molecule has 1 aromatic heterocycles. The summed E-state index contributed by atoms with van der Waals surface area (Å²) < 4.78 is 5.47. The number of piperazine rings is 1. The van der Waals surface area contributed by atoms with Crippen molar-refractivity contribution in [1.29, 1.82) is 0 Å². The molecule has 27 heavy (non-hydrogen) atoms. The lowest BCUT2D eigenvalue weighted by atomic mass is 10.0. The van der Waals surface area contributed by atoms with Crippen LogP contribution < -0.4 is 10.1 Å². The van der Waals surface area contributed by atoms with Gasteiger partial charge in [0.05, 0.1) is 24.6 Å². The highest BCUT2D eigenvalue weighted by molar-refractivity contribution is 7.12. The third-order valence-electron chi connectivity index (χ3n) is 4.51. The number of nitrogens with zero attached hydrogens (tertiary/aromatic N) is 2. The van der Waals surface area contributed by atoms with Gasteiger partial charge in [0.2, 0.25) is 5.91 Å². The van der Waals surface area contributed by atoms with Crippen molar-refractivity contribution in [2.45, 2.75) is 6.04 Å². The minimum atomic E-state index is -0.127. The zero-order valence-corrected chi connectivity index (χ0v) is 17.0. The van der Waals surface area contributed by atoms with Crippen molar-refractivity contribution in [2.24, 2.45) is 0 Å². The molecule has 0 spiro atoms. The number of halogens is 1. The summed E-state index contributed by atoms with van der Waals surface area (Å²) in [7, 11) is 3.30. The lowest BCUT2D eigenvalue weighted by Gasteiger charge is -2.37. The van der Waals surface area contributed by atoms with Crippen molar-refractivity contribution in [3.63, 3.8) is 0 Å². The van der Waals surface area contributed by atoms with Crippen LogP contribution in [0.2, 0.25) is 0 Å². The molecule has 8 heteroatoms. The first-order valence-corrected chi connectivity index (χ1v) is 9.42. The van der Waals surface area contributed by atoms with E-state index in [0.29, 0.717) is 18.0 Å². The quantitative estimate of drug-likeness (QED) is 0.823. The number of methoxy groups -OCH3 is 1. The number of thiophene rings is 1. The summed E-state index contributed by atoms with van der Waals surface area (Å²) in [5.74, 6) is 0.578. The van der Waals surface area contributed by atoms with Crippen LogP contribution in [0.15, 0.2) is 41.8 Å². The number of hydrogen-bond acceptors (Lipinski definition) is 5. The maximum Gasteiger partial charge on any atom is 0.264 e. The second-order valence-corrected chi connectivity index (χ2v) is 7.14. The summed E-state index contributed by atoms with van der Waals surface area (Å²) in [6.07, 6.45) is 0. The average Bonchev–Trinajstić information content (AvgIpc) is 3.22. The largest absolute Gasteiger partial charge is 0.496 e. The van der Waals surface area contributed by atoms with Gasteiger partial charge in [0.25, 0.3) is 5.91 Å². The smallest absolute Gasteiger partial charge is 0.264 e. The first-order chi connectivity index (χ1) is 12.6. The van der Waals surface area contributed by atoms with E-state index in [-0.39, 0.29) is 36.8 Å². The molecule has 1 aliphatic heterocycles. The van der Waals surface area contributed by atoms with E-state index >= 15 is 0 Å². The molecule has 2 aromatic rings. The predicted molar refractivity (Wildman–Crippen MR) is 109 cm³/mol. The standard InChI is InChI=1S/C19H23N3O3S.ClH/c1-21(19(24)17-8-5-11-26-17)13-18(23)22-10-9-20-12-15(22)14-6-3-4-7-16(14)25-2;/h3-8,11,15,20H,9-10,12-13H2,1-2H3;1H. The van der Waals surface area contributed by atoms with Crippen molar-refractivity contribution >= 4 is 35.6 Å². The van der Waals surface area contributed by atoms with Gasteiger partial charge in [-0.05, 0) is 17.5 Å². The molecule has 2 amide bonds. The van der Waals surface area contributed by atoms with E-state index < -0.39 is 0 Å². The molecule has 0 radical (unpaired) electrons. The fourth-order valence-corrected chi connectivity index (χ4v) is 3.89. The molecular formula is C19H24ClN3O3S. The molecule has 0 aliphatic carbocycles. The first-order valence-electron chi connectivity index (χ1n) is 8.54. The van der Waals surface area contributed by atoms with Crippen LogP contribution in [-0.2, 0) is 4.79 Å². The number of carbonyl (C=O) groups excluding carboxylic acids is 2. The molecule has 1 fully saturated rings. The van der Waals surface area contributed by atoms with Crippen molar-refractivity contribution in [2.75, 3.05) is 40.3 Å². The zero-order chi connectivity index (χ0) is 18.5. The predicted octanol–water partition coefficient (Wildman–Crippen LogP) is 2.42. The Hall–Kier alpha value is -2.09. The molecule has 3 rings (SSSR count). The molecule has 2 heterocycles. The van der Waals surface area contributed by atoms with Gasteiger partial charge in [-0.3, -0.25) is 9.59 Å². The number of para-hydroxylation sites is 1. The molecule has 1 unspecified atom stereocenters. The Morgan fingerprint density at radius 3 is 2.78 bits per heavy atom. The second-order valence-electron chi connectivity index (χ2n) is 6.19. The number of carbonyl (C=O) groups is 2. The number of ether oxygens (including phenoxy) is 1. The fraction of sp³-hybridized carbons (Fsp3) is 0.368. The van der Waals surface area contributed by atoms with E-state index in [0.717, 1.165) is 17.9 Å². The highest BCUT2D eigenvalue weighted by atomic mass is 35.5. The Morgan fingerprint density at radius 2 is 2.07 bits per heavy atom. The van der Waals surface area contributed by atoms with Crippen LogP contribution in [0.5, 0.6) is 5.75 Å². The van der Waals surface area contributed by atoms with Gasteiger partial charge in [0.15, 0.2) is 0 Å². The number of likely N-dealkylation sites (N-methyl/N-ethyl adjacent to an activating group) is 1. The molecule has 6 nitrogen and oxygen atoms in total. The van der Waals surface area contributed by atoms with E-state index in [9.17, 15) is 9.59 Å². The van der Waals surface area contributed by atoms with Crippen LogP contribution in [0.4, 0.5) is 0 Å². The maximum atomic E-state index is 12.9. The van der Waals surface area contributed by atoms with Crippen LogP contribution in [0, 0.1) is 0 Å². The molecule has 1 saturated heterocycles. The van der Waals surface area contributed by atoms with E-state index in [2.05, 4.69) is 5.32 Å². The van der Waals surface area contributed by atoms with E-state index in [1.54, 1.807) is 20.2 Å². The Morgan fingerprint density at radius 1 is 1.30 bits per heavy atom. The van der Waals surface area contributed by atoms with E-state index in [1.165, 1.54) is 16.2 Å². The van der Waals surface area contributed by atoms with Gasteiger partial charge >= 0.3 is 0 Å². The van der Waals surface area contributed by atoms with Crippen molar-refractivity contribution < 1.29 is 14.3 Å². The molecule has 0 bridgehead atoms.